The smallest absolute Gasteiger partial charge is 0.493 e. The molecule has 2 aromatic carbocycles. The molecule has 33 heavy (non-hydrogen) atoms. The van der Waals surface area contributed by atoms with Crippen molar-refractivity contribution in [2.45, 2.75) is 20.2 Å². The zero-order chi connectivity index (χ0) is 24.4. The van der Waals surface area contributed by atoms with Crippen LogP contribution in [0.2, 0.25) is 0 Å². The van der Waals surface area contributed by atoms with Crippen LogP contribution in [-0.4, -0.2) is 43.0 Å². The lowest BCUT2D eigenvalue weighted by molar-refractivity contribution is -0.274. The first-order chi connectivity index (χ1) is 15.6. The highest BCUT2D eigenvalue weighted by Gasteiger charge is 2.30. The normalized spacial score (nSPS) is 11.8. The molecule has 0 saturated heterocycles. The summed E-state index contributed by atoms with van der Waals surface area (Å²) in [5, 5.41) is 13.8. The molecule has 0 aliphatic rings. The van der Waals surface area contributed by atoms with Crippen molar-refractivity contribution in [2.75, 3.05) is 19.8 Å². The number of carbonyl (C=O) groups is 2. The van der Waals surface area contributed by atoms with Crippen molar-refractivity contribution in [1.29, 1.82) is 0 Å². The van der Waals surface area contributed by atoms with Crippen molar-refractivity contribution in [2.24, 2.45) is 5.92 Å². The third kappa shape index (κ3) is 9.24. The van der Waals surface area contributed by atoms with Crippen LogP contribution in [0.4, 0.5) is 13.2 Å². The molecule has 10 heteroatoms. The second kappa shape index (κ2) is 11.9. The summed E-state index contributed by atoms with van der Waals surface area (Å²) in [6, 6.07) is 11.1. The molecule has 0 bridgehead atoms. The Kier molecular flexibility index (Phi) is 9.29. The predicted molar refractivity (Wildman–Crippen MR) is 115 cm³/mol. The van der Waals surface area contributed by atoms with Gasteiger partial charge in [0.15, 0.2) is 0 Å². The molecule has 7 nitrogen and oxygen atoms in total. The van der Waals surface area contributed by atoms with Crippen LogP contribution in [0.3, 0.4) is 0 Å². The van der Waals surface area contributed by atoms with Gasteiger partial charge in [-0.2, -0.15) is 0 Å². The van der Waals surface area contributed by atoms with Crippen LogP contribution in [0, 0.1) is 5.92 Å². The van der Waals surface area contributed by atoms with Crippen molar-refractivity contribution in [3.63, 3.8) is 0 Å². The highest BCUT2D eigenvalue weighted by Crippen LogP contribution is 2.23. The van der Waals surface area contributed by atoms with Crippen LogP contribution in [0.25, 0.3) is 6.08 Å². The van der Waals surface area contributed by atoms with E-state index < -0.39 is 23.9 Å². The van der Waals surface area contributed by atoms with E-state index in [0.717, 1.165) is 12.1 Å². The number of amides is 2. The van der Waals surface area contributed by atoms with E-state index in [2.05, 4.69) is 15.4 Å². The number of alkyl halides is 3. The molecule has 0 aliphatic carbocycles. The molecule has 3 N–H and O–H groups in total. The van der Waals surface area contributed by atoms with Crippen LogP contribution in [0.5, 0.6) is 11.5 Å². The Balaban J connectivity index is 2.18. The predicted octanol–water partition coefficient (Wildman–Crippen LogP) is 3.50. The summed E-state index contributed by atoms with van der Waals surface area (Å²) in [6.45, 7) is 4.18. The fourth-order valence-electron chi connectivity index (χ4n) is 2.52. The van der Waals surface area contributed by atoms with Gasteiger partial charge in [-0.25, -0.2) is 0 Å². The maximum absolute atomic E-state index is 12.6. The molecule has 2 aromatic rings. The van der Waals surface area contributed by atoms with Gasteiger partial charge in [0.1, 0.15) is 17.2 Å². The van der Waals surface area contributed by atoms with Gasteiger partial charge in [-0.3, -0.25) is 9.59 Å². The van der Waals surface area contributed by atoms with E-state index in [1.165, 1.54) is 30.3 Å². The van der Waals surface area contributed by atoms with E-state index in [1.807, 2.05) is 13.8 Å². The van der Waals surface area contributed by atoms with Crippen molar-refractivity contribution >= 4 is 17.9 Å². The van der Waals surface area contributed by atoms with E-state index in [-0.39, 0.29) is 24.4 Å². The van der Waals surface area contributed by atoms with Gasteiger partial charge >= 0.3 is 6.36 Å². The quantitative estimate of drug-likeness (QED) is 0.466. The first-order valence-electron chi connectivity index (χ1n) is 10.1. The first kappa shape index (κ1) is 25.7. The minimum atomic E-state index is -4.82. The number of ether oxygens (including phenoxy) is 2. The van der Waals surface area contributed by atoms with Crippen LogP contribution >= 0.6 is 0 Å². The lowest BCUT2D eigenvalue weighted by atomic mass is 10.1. The number of hydrogen-bond acceptors (Lipinski definition) is 5. The minimum Gasteiger partial charge on any atom is -0.493 e. The average Bonchev–Trinajstić information content (AvgIpc) is 2.76. The second-order valence-electron chi connectivity index (χ2n) is 7.34. The summed E-state index contributed by atoms with van der Waals surface area (Å²) in [5.74, 6) is -0.738. The highest BCUT2D eigenvalue weighted by atomic mass is 19.4. The number of aliphatic hydroxyl groups excluding tert-OH is 1. The van der Waals surface area contributed by atoms with Gasteiger partial charge in [-0.1, -0.05) is 26.0 Å². The second-order valence-corrected chi connectivity index (χ2v) is 7.34. The SMILES string of the molecule is CC(C)COc1ccc(C(=O)N/C(=C\c2ccc(OC(F)(F)F)cc2)C(=O)NCCO)cc1. The monoisotopic (exact) mass is 466 g/mol. The summed E-state index contributed by atoms with van der Waals surface area (Å²) in [7, 11) is 0. The lowest BCUT2D eigenvalue weighted by Gasteiger charge is -2.12. The topological polar surface area (TPSA) is 96.9 Å². The van der Waals surface area contributed by atoms with Gasteiger partial charge in [0, 0.05) is 12.1 Å². The van der Waals surface area contributed by atoms with Gasteiger partial charge in [0.2, 0.25) is 0 Å². The standard InChI is InChI=1S/C23H25F3N2O5/c1-15(2)14-32-18-9-5-17(6-10-18)21(30)28-20(22(31)27-11-12-29)13-16-3-7-19(8-4-16)33-23(24,25)26/h3-10,13,15,29H,11-12,14H2,1-2H3,(H,27,31)(H,28,30)/b20-13-. The van der Waals surface area contributed by atoms with Crippen LogP contribution < -0.4 is 20.1 Å². The summed E-state index contributed by atoms with van der Waals surface area (Å²) < 4.78 is 46.4. The van der Waals surface area contributed by atoms with Crippen molar-refractivity contribution in [3.8, 4) is 11.5 Å². The molecular weight excluding hydrogens is 441 g/mol. The third-order valence-electron chi connectivity index (χ3n) is 4.01. The van der Waals surface area contributed by atoms with E-state index in [1.54, 1.807) is 12.1 Å². The third-order valence-corrected chi connectivity index (χ3v) is 4.01. The Morgan fingerprint density at radius 2 is 1.64 bits per heavy atom. The average molecular weight is 466 g/mol. The van der Waals surface area contributed by atoms with Gasteiger partial charge in [-0.05, 0) is 54.0 Å². The molecule has 2 amide bonds. The molecule has 0 atom stereocenters. The zero-order valence-electron chi connectivity index (χ0n) is 18.1. The Bertz CT molecular complexity index is 956. The molecule has 0 aromatic heterocycles. The lowest BCUT2D eigenvalue weighted by Crippen LogP contribution is -2.36. The van der Waals surface area contributed by atoms with E-state index in [4.69, 9.17) is 9.84 Å². The van der Waals surface area contributed by atoms with Gasteiger partial charge in [0.05, 0.1) is 13.2 Å². The number of nitrogens with one attached hydrogen (secondary N) is 2. The number of halogens is 3. The number of benzene rings is 2. The van der Waals surface area contributed by atoms with E-state index in [0.29, 0.717) is 23.8 Å². The van der Waals surface area contributed by atoms with Crippen molar-refractivity contribution in [1.82, 2.24) is 10.6 Å². The number of aliphatic hydroxyl groups is 1. The van der Waals surface area contributed by atoms with Crippen molar-refractivity contribution in [3.05, 3.63) is 65.4 Å². The maximum Gasteiger partial charge on any atom is 0.573 e. The molecule has 0 saturated carbocycles. The summed E-state index contributed by atoms with van der Waals surface area (Å²) >= 11 is 0. The minimum absolute atomic E-state index is 0.0493. The van der Waals surface area contributed by atoms with Gasteiger partial charge < -0.3 is 25.2 Å². The molecule has 0 unspecified atom stereocenters. The fourth-order valence-corrected chi connectivity index (χ4v) is 2.52. The fraction of sp³-hybridized carbons (Fsp3) is 0.304. The molecule has 2 rings (SSSR count). The highest BCUT2D eigenvalue weighted by molar-refractivity contribution is 6.05. The molecule has 178 valence electrons. The van der Waals surface area contributed by atoms with Crippen LogP contribution in [-0.2, 0) is 4.79 Å². The molecule has 0 fully saturated rings. The number of carbonyl (C=O) groups excluding carboxylic acids is 2. The van der Waals surface area contributed by atoms with E-state index >= 15 is 0 Å². The van der Waals surface area contributed by atoms with Gasteiger partial charge in [-0.15, -0.1) is 13.2 Å². The molecule has 0 spiro atoms. The Morgan fingerprint density at radius 3 is 2.18 bits per heavy atom. The molecular formula is C23H25F3N2O5. The van der Waals surface area contributed by atoms with E-state index in [9.17, 15) is 22.8 Å². The van der Waals surface area contributed by atoms with Crippen LogP contribution in [0.1, 0.15) is 29.8 Å². The van der Waals surface area contributed by atoms with Crippen LogP contribution in [0.15, 0.2) is 54.2 Å². The Hall–Kier alpha value is -3.53. The molecule has 0 radical (unpaired) electrons. The van der Waals surface area contributed by atoms with Crippen molar-refractivity contribution < 1.29 is 37.3 Å². The Labute approximate surface area is 189 Å². The first-order valence-corrected chi connectivity index (χ1v) is 10.1. The number of hydrogen-bond donors (Lipinski definition) is 3. The molecule has 0 heterocycles. The summed E-state index contributed by atoms with van der Waals surface area (Å²) in [6.07, 6.45) is -3.53. The largest absolute Gasteiger partial charge is 0.573 e. The summed E-state index contributed by atoms with van der Waals surface area (Å²) in [4.78, 5) is 25.1. The summed E-state index contributed by atoms with van der Waals surface area (Å²) in [5.41, 5.74) is 0.455. The zero-order valence-corrected chi connectivity index (χ0v) is 18.1. The molecule has 0 aliphatic heterocycles. The number of rotatable bonds is 10. The Morgan fingerprint density at radius 1 is 1.03 bits per heavy atom. The van der Waals surface area contributed by atoms with Gasteiger partial charge in [0.25, 0.3) is 11.8 Å². The maximum atomic E-state index is 12.6.